The maximum Gasteiger partial charge on any atom is 0.410 e. The Morgan fingerprint density at radius 3 is 2.19 bits per heavy atom. The van der Waals surface area contributed by atoms with E-state index in [9.17, 15) is 9.59 Å². The first-order valence-electron chi connectivity index (χ1n) is 8.99. The molecule has 3 heterocycles. The maximum atomic E-state index is 12.2. The van der Waals surface area contributed by atoms with Crippen LogP contribution in [0.2, 0.25) is 0 Å². The Morgan fingerprint density at radius 2 is 1.69 bits per heavy atom. The molecule has 2 atom stereocenters. The number of carbonyl (C=O) groups is 2. The summed E-state index contributed by atoms with van der Waals surface area (Å²) >= 11 is 0. The number of carbonyl (C=O) groups excluding carboxylic acids is 2. The van der Waals surface area contributed by atoms with Gasteiger partial charge >= 0.3 is 12.1 Å². The Morgan fingerprint density at radius 1 is 1.12 bits per heavy atom. The van der Waals surface area contributed by atoms with E-state index in [1.165, 1.54) is 12.4 Å². The summed E-state index contributed by atoms with van der Waals surface area (Å²) < 4.78 is 10.4. The second kappa shape index (κ2) is 7.09. The van der Waals surface area contributed by atoms with Crippen molar-refractivity contribution in [2.45, 2.75) is 33.3 Å². The SMILES string of the molecule is CCOC(=O)c1cnc(N2CC3CN(C(=O)OC(C)(C)C)CC3C2)nc1. The fourth-order valence-corrected chi connectivity index (χ4v) is 3.44. The first kappa shape index (κ1) is 18.4. The number of esters is 1. The second-order valence-electron chi connectivity index (χ2n) is 7.80. The highest BCUT2D eigenvalue weighted by atomic mass is 16.6. The van der Waals surface area contributed by atoms with Crippen LogP contribution in [0.15, 0.2) is 12.4 Å². The van der Waals surface area contributed by atoms with Crippen LogP contribution in [-0.2, 0) is 9.47 Å². The van der Waals surface area contributed by atoms with Gasteiger partial charge in [-0.15, -0.1) is 0 Å². The van der Waals surface area contributed by atoms with Gasteiger partial charge in [0.15, 0.2) is 0 Å². The lowest BCUT2D eigenvalue weighted by Gasteiger charge is -2.26. The van der Waals surface area contributed by atoms with Gasteiger partial charge in [0.05, 0.1) is 12.2 Å². The number of rotatable bonds is 3. The Balaban J connectivity index is 1.56. The molecule has 1 aromatic heterocycles. The molecule has 26 heavy (non-hydrogen) atoms. The minimum absolute atomic E-state index is 0.242. The highest BCUT2D eigenvalue weighted by molar-refractivity contribution is 5.88. The van der Waals surface area contributed by atoms with Crippen molar-refractivity contribution in [3.05, 3.63) is 18.0 Å². The molecule has 8 heteroatoms. The zero-order chi connectivity index (χ0) is 18.9. The summed E-state index contributed by atoms with van der Waals surface area (Å²) in [5.74, 6) is 0.966. The molecule has 1 aromatic rings. The van der Waals surface area contributed by atoms with E-state index < -0.39 is 11.6 Å². The highest BCUT2D eigenvalue weighted by Crippen LogP contribution is 2.33. The minimum Gasteiger partial charge on any atom is -0.462 e. The number of amides is 1. The van der Waals surface area contributed by atoms with Crippen LogP contribution in [-0.4, -0.2) is 65.3 Å². The molecule has 2 aliphatic heterocycles. The molecule has 0 N–H and O–H groups in total. The summed E-state index contributed by atoms with van der Waals surface area (Å²) in [5, 5.41) is 0. The lowest BCUT2D eigenvalue weighted by molar-refractivity contribution is 0.0282. The number of hydrogen-bond donors (Lipinski definition) is 0. The van der Waals surface area contributed by atoms with Crippen LogP contribution in [0.25, 0.3) is 0 Å². The van der Waals surface area contributed by atoms with Gasteiger partial charge in [0.2, 0.25) is 5.95 Å². The van der Waals surface area contributed by atoms with Gasteiger partial charge in [0, 0.05) is 50.4 Å². The van der Waals surface area contributed by atoms with Crippen LogP contribution in [0.4, 0.5) is 10.7 Å². The molecule has 2 unspecified atom stereocenters. The van der Waals surface area contributed by atoms with Crippen molar-refractivity contribution in [1.82, 2.24) is 14.9 Å². The van der Waals surface area contributed by atoms with E-state index in [2.05, 4.69) is 14.9 Å². The molecule has 0 radical (unpaired) electrons. The highest BCUT2D eigenvalue weighted by Gasteiger charge is 2.43. The van der Waals surface area contributed by atoms with Gasteiger partial charge in [-0.05, 0) is 27.7 Å². The summed E-state index contributed by atoms with van der Waals surface area (Å²) in [4.78, 5) is 36.4. The van der Waals surface area contributed by atoms with Crippen molar-refractivity contribution >= 4 is 18.0 Å². The zero-order valence-corrected chi connectivity index (χ0v) is 15.8. The standard InChI is InChI=1S/C18H26N4O4/c1-5-25-15(23)12-6-19-16(20-7-12)21-8-13-10-22(11-14(13)9-21)17(24)26-18(2,3)4/h6-7,13-14H,5,8-11H2,1-4H3. The van der Waals surface area contributed by atoms with E-state index >= 15 is 0 Å². The molecule has 2 saturated heterocycles. The summed E-state index contributed by atoms with van der Waals surface area (Å²) in [5.41, 5.74) is -0.124. The number of ether oxygens (including phenoxy) is 2. The average molecular weight is 362 g/mol. The van der Waals surface area contributed by atoms with E-state index in [0.29, 0.717) is 43.0 Å². The Bertz CT molecular complexity index is 657. The van der Waals surface area contributed by atoms with Crippen molar-refractivity contribution < 1.29 is 19.1 Å². The molecule has 0 spiro atoms. The zero-order valence-electron chi connectivity index (χ0n) is 15.8. The maximum absolute atomic E-state index is 12.2. The minimum atomic E-state index is -0.477. The first-order chi connectivity index (χ1) is 12.3. The number of hydrogen-bond acceptors (Lipinski definition) is 7. The molecule has 0 bridgehead atoms. The van der Waals surface area contributed by atoms with Crippen LogP contribution >= 0.6 is 0 Å². The molecule has 1 amide bonds. The Labute approximate surface area is 153 Å². The van der Waals surface area contributed by atoms with Crippen LogP contribution < -0.4 is 4.90 Å². The smallest absolute Gasteiger partial charge is 0.410 e. The van der Waals surface area contributed by atoms with E-state index in [1.54, 1.807) is 11.8 Å². The Kier molecular flexibility index (Phi) is 5.02. The van der Waals surface area contributed by atoms with Crippen LogP contribution in [0.5, 0.6) is 0 Å². The molecule has 142 valence electrons. The van der Waals surface area contributed by atoms with Gasteiger partial charge in [0.25, 0.3) is 0 Å². The lowest BCUT2D eigenvalue weighted by Crippen LogP contribution is -2.37. The lowest BCUT2D eigenvalue weighted by atomic mass is 10.0. The van der Waals surface area contributed by atoms with Crippen molar-refractivity contribution in [1.29, 1.82) is 0 Å². The summed E-state index contributed by atoms with van der Waals surface area (Å²) in [6.45, 7) is 10.7. The van der Waals surface area contributed by atoms with Crippen molar-refractivity contribution in [3.63, 3.8) is 0 Å². The quantitative estimate of drug-likeness (QED) is 0.760. The van der Waals surface area contributed by atoms with Crippen LogP contribution in [0, 0.1) is 11.8 Å². The number of anilines is 1. The Hall–Kier alpha value is -2.38. The normalized spacial score (nSPS) is 22.3. The summed E-state index contributed by atoms with van der Waals surface area (Å²) in [7, 11) is 0. The van der Waals surface area contributed by atoms with Gasteiger partial charge in [0.1, 0.15) is 5.60 Å². The summed E-state index contributed by atoms with van der Waals surface area (Å²) in [6.07, 6.45) is 2.76. The molecule has 0 saturated carbocycles. The molecule has 2 fully saturated rings. The topological polar surface area (TPSA) is 84.9 Å². The van der Waals surface area contributed by atoms with Crippen molar-refractivity contribution in [2.75, 3.05) is 37.7 Å². The fraction of sp³-hybridized carbons (Fsp3) is 0.667. The monoisotopic (exact) mass is 362 g/mol. The molecule has 3 rings (SSSR count). The van der Waals surface area contributed by atoms with Gasteiger partial charge in [-0.1, -0.05) is 0 Å². The van der Waals surface area contributed by atoms with E-state index in [-0.39, 0.29) is 6.09 Å². The number of fused-ring (bicyclic) bond motifs is 1. The van der Waals surface area contributed by atoms with E-state index in [0.717, 1.165) is 13.1 Å². The average Bonchev–Trinajstić information content (AvgIpc) is 3.12. The molecular formula is C18H26N4O4. The number of nitrogens with zero attached hydrogens (tertiary/aromatic N) is 4. The van der Waals surface area contributed by atoms with Crippen LogP contribution in [0.3, 0.4) is 0 Å². The molecule has 0 aliphatic carbocycles. The molecular weight excluding hydrogens is 336 g/mol. The third kappa shape index (κ3) is 4.05. The second-order valence-corrected chi connectivity index (χ2v) is 7.80. The van der Waals surface area contributed by atoms with Crippen molar-refractivity contribution in [2.24, 2.45) is 11.8 Å². The van der Waals surface area contributed by atoms with Gasteiger partial charge < -0.3 is 19.3 Å². The van der Waals surface area contributed by atoms with Gasteiger partial charge in [-0.25, -0.2) is 19.6 Å². The predicted molar refractivity (Wildman–Crippen MR) is 95.0 cm³/mol. The first-order valence-corrected chi connectivity index (χ1v) is 8.99. The number of aromatic nitrogens is 2. The third-order valence-corrected chi connectivity index (χ3v) is 4.57. The molecule has 2 aliphatic rings. The predicted octanol–water partition coefficient (Wildman–Crippen LogP) is 1.96. The van der Waals surface area contributed by atoms with Crippen molar-refractivity contribution in [3.8, 4) is 0 Å². The van der Waals surface area contributed by atoms with E-state index in [4.69, 9.17) is 9.47 Å². The molecule has 0 aromatic carbocycles. The van der Waals surface area contributed by atoms with Crippen LogP contribution in [0.1, 0.15) is 38.1 Å². The van der Waals surface area contributed by atoms with Gasteiger partial charge in [-0.2, -0.15) is 0 Å². The fourth-order valence-electron chi connectivity index (χ4n) is 3.44. The van der Waals surface area contributed by atoms with E-state index in [1.807, 2.05) is 20.8 Å². The summed E-state index contributed by atoms with van der Waals surface area (Å²) in [6, 6.07) is 0. The largest absolute Gasteiger partial charge is 0.462 e. The molecule has 8 nitrogen and oxygen atoms in total. The third-order valence-electron chi connectivity index (χ3n) is 4.57. The number of likely N-dealkylation sites (tertiary alicyclic amines) is 1. The van der Waals surface area contributed by atoms with Gasteiger partial charge in [-0.3, -0.25) is 0 Å².